The molecular weight excluding hydrogens is 419 g/mol. The van der Waals surface area contributed by atoms with E-state index < -0.39 is 48.9 Å². The largest absolute Gasteiger partial charge is 0.481 e. The van der Waals surface area contributed by atoms with E-state index in [1.165, 1.54) is 4.90 Å². The Balaban J connectivity index is 1.81. The second-order valence-corrected chi connectivity index (χ2v) is 7.35. The second-order valence-electron chi connectivity index (χ2n) is 7.35. The Labute approximate surface area is 184 Å². The molecule has 2 amide bonds. The number of hydrogen-bond acceptors (Lipinski definition) is 5. The molecule has 2 aromatic carbocycles. The van der Waals surface area contributed by atoms with Crippen molar-refractivity contribution in [3.63, 3.8) is 0 Å². The zero-order chi connectivity index (χ0) is 23.1. The number of carbonyl (C=O) groups excluding carboxylic acids is 3. The van der Waals surface area contributed by atoms with Crippen molar-refractivity contribution in [1.82, 2.24) is 5.32 Å². The van der Waals surface area contributed by atoms with Gasteiger partial charge in [0.05, 0.1) is 12.1 Å². The van der Waals surface area contributed by atoms with Gasteiger partial charge in [-0.05, 0) is 30.0 Å². The van der Waals surface area contributed by atoms with Crippen LogP contribution in [0.15, 0.2) is 54.6 Å². The topological polar surface area (TPSA) is 113 Å². The van der Waals surface area contributed by atoms with Crippen LogP contribution in [0, 0.1) is 5.92 Å². The zero-order valence-corrected chi connectivity index (χ0v) is 17.2. The van der Waals surface area contributed by atoms with Crippen molar-refractivity contribution in [2.75, 3.05) is 11.6 Å². The number of carboxylic acid groups (broad SMARTS) is 1. The summed E-state index contributed by atoms with van der Waals surface area (Å²) in [6.07, 6.45) is -1.59. The Morgan fingerprint density at radius 1 is 1.09 bits per heavy atom. The number of nitrogens with one attached hydrogen (secondary N) is 1. The molecule has 2 N–H and O–H groups in total. The molecule has 2 aromatic rings. The first-order valence-electron chi connectivity index (χ1n) is 10.1. The van der Waals surface area contributed by atoms with Gasteiger partial charge < -0.3 is 15.2 Å². The molecule has 0 fully saturated rings. The van der Waals surface area contributed by atoms with Crippen LogP contribution in [0.3, 0.4) is 0 Å². The number of alkyl halides is 1. The lowest BCUT2D eigenvalue weighted by atomic mass is 9.97. The Morgan fingerprint density at radius 3 is 2.47 bits per heavy atom. The fourth-order valence-corrected chi connectivity index (χ4v) is 3.58. The van der Waals surface area contributed by atoms with Crippen LogP contribution >= 0.6 is 0 Å². The van der Waals surface area contributed by atoms with Gasteiger partial charge in [0.2, 0.25) is 5.91 Å². The molecule has 3 rings (SSSR count). The monoisotopic (exact) mass is 442 g/mol. The number of carbonyl (C=O) groups is 4. The molecule has 1 heterocycles. The number of nitrogens with zero attached hydrogens (tertiary/aromatic N) is 1. The molecule has 2 atom stereocenters. The molecule has 1 aliphatic heterocycles. The van der Waals surface area contributed by atoms with Crippen LogP contribution in [0.2, 0.25) is 0 Å². The average molecular weight is 442 g/mol. The SMILES string of the molecule is O=C(O)CC(C(=O)CF)C(=O)NC1CCc2ccccc2N1C(=O)OCc1ccccc1. The number of hydrogen-bond donors (Lipinski definition) is 2. The predicted molar refractivity (Wildman–Crippen MR) is 113 cm³/mol. The summed E-state index contributed by atoms with van der Waals surface area (Å²) in [5, 5.41) is 11.5. The number of carboxylic acids is 1. The first-order chi connectivity index (χ1) is 15.4. The van der Waals surface area contributed by atoms with E-state index in [2.05, 4.69) is 5.32 Å². The van der Waals surface area contributed by atoms with Crippen LogP contribution in [0.5, 0.6) is 0 Å². The van der Waals surface area contributed by atoms with Crippen molar-refractivity contribution < 1.29 is 33.4 Å². The van der Waals surface area contributed by atoms with Gasteiger partial charge >= 0.3 is 12.1 Å². The van der Waals surface area contributed by atoms with Gasteiger partial charge in [-0.25, -0.2) is 9.18 Å². The van der Waals surface area contributed by atoms with E-state index >= 15 is 0 Å². The van der Waals surface area contributed by atoms with E-state index in [-0.39, 0.29) is 6.61 Å². The van der Waals surface area contributed by atoms with Crippen molar-refractivity contribution in [3.05, 3.63) is 65.7 Å². The summed E-state index contributed by atoms with van der Waals surface area (Å²) >= 11 is 0. The second kappa shape index (κ2) is 10.5. The third-order valence-electron chi connectivity index (χ3n) is 5.18. The molecule has 0 bridgehead atoms. The number of para-hydroxylation sites is 1. The van der Waals surface area contributed by atoms with Crippen molar-refractivity contribution in [2.45, 2.75) is 32.0 Å². The molecule has 0 aliphatic carbocycles. The van der Waals surface area contributed by atoms with E-state index in [1.807, 2.05) is 30.3 Å². The van der Waals surface area contributed by atoms with Gasteiger partial charge in [-0.2, -0.15) is 0 Å². The first-order valence-corrected chi connectivity index (χ1v) is 10.1. The highest BCUT2D eigenvalue weighted by Gasteiger charge is 2.36. The average Bonchev–Trinajstić information content (AvgIpc) is 2.80. The molecule has 0 spiro atoms. The summed E-state index contributed by atoms with van der Waals surface area (Å²) in [4.78, 5) is 49.8. The van der Waals surface area contributed by atoms with Crippen molar-refractivity contribution >= 4 is 29.4 Å². The molecule has 1 aliphatic rings. The lowest BCUT2D eigenvalue weighted by Gasteiger charge is -2.37. The summed E-state index contributed by atoms with van der Waals surface area (Å²) < 4.78 is 18.3. The summed E-state index contributed by atoms with van der Waals surface area (Å²) in [6, 6.07) is 16.2. The number of fused-ring (bicyclic) bond motifs is 1. The minimum absolute atomic E-state index is 0.0149. The van der Waals surface area contributed by atoms with E-state index in [0.717, 1.165) is 11.1 Å². The maximum absolute atomic E-state index is 13.0. The number of rotatable bonds is 8. The van der Waals surface area contributed by atoms with Gasteiger partial charge in [-0.1, -0.05) is 48.5 Å². The van der Waals surface area contributed by atoms with Crippen LogP contribution < -0.4 is 10.2 Å². The Kier molecular flexibility index (Phi) is 7.54. The molecule has 168 valence electrons. The summed E-state index contributed by atoms with van der Waals surface area (Å²) in [5.74, 6) is -5.16. The third-order valence-corrected chi connectivity index (χ3v) is 5.18. The fourth-order valence-electron chi connectivity index (χ4n) is 3.58. The van der Waals surface area contributed by atoms with E-state index in [0.29, 0.717) is 18.5 Å². The van der Waals surface area contributed by atoms with Crippen LogP contribution in [-0.4, -0.2) is 41.7 Å². The van der Waals surface area contributed by atoms with Gasteiger partial charge in [0, 0.05) is 0 Å². The van der Waals surface area contributed by atoms with Crippen molar-refractivity contribution in [2.24, 2.45) is 5.92 Å². The number of ether oxygens (including phenoxy) is 1. The van der Waals surface area contributed by atoms with Gasteiger partial charge in [0.1, 0.15) is 25.4 Å². The number of anilines is 1. The highest BCUT2D eigenvalue weighted by Crippen LogP contribution is 2.30. The highest BCUT2D eigenvalue weighted by molar-refractivity contribution is 6.04. The van der Waals surface area contributed by atoms with Gasteiger partial charge in [0.25, 0.3) is 0 Å². The van der Waals surface area contributed by atoms with Crippen LogP contribution in [-0.2, 0) is 32.1 Å². The number of aryl methyl sites for hydroxylation is 1. The Morgan fingerprint density at radius 2 is 1.78 bits per heavy atom. The highest BCUT2D eigenvalue weighted by atomic mass is 19.1. The molecule has 0 saturated carbocycles. The van der Waals surface area contributed by atoms with Gasteiger partial charge in [-0.15, -0.1) is 0 Å². The fraction of sp³-hybridized carbons (Fsp3) is 0.304. The minimum atomic E-state index is -1.68. The van der Waals surface area contributed by atoms with E-state index in [9.17, 15) is 23.6 Å². The number of benzene rings is 2. The molecule has 2 unspecified atom stereocenters. The molecule has 32 heavy (non-hydrogen) atoms. The van der Waals surface area contributed by atoms with E-state index in [4.69, 9.17) is 9.84 Å². The van der Waals surface area contributed by atoms with Crippen molar-refractivity contribution in [1.29, 1.82) is 0 Å². The predicted octanol–water partition coefficient (Wildman–Crippen LogP) is 2.85. The first kappa shape index (κ1) is 22.9. The minimum Gasteiger partial charge on any atom is -0.481 e. The number of amides is 2. The van der Waals surface area contributed by atoms with Crippen molar-refractivity contribution in [3.8, 4) is 0 Å². The van der Waals surface area contributed by atoms with Gasteiger partial charge in [0.15, 0.2) is 5.78 Å². The molecular formula is C23H23FN2O6. The van der Waals surface area contributed by atoms with Crippen LogP contribution in [0.25, 0.3) is 0 Å². The van der Waals surface area contributed by atoms with Gasteiger partial charge in [-0.3, -0.25) is 19.3 Å². The maximum Gasteiger partial charge on any atom is 0.416 e. The normalized spacial score (nSPS) is 15.9. The molecule has 0 aromatic heterocycles. The lowest BCUT2D eigenvalue weighted by molar-refractivity contribution is -0.145. The Bertz CT molecular complexity index is 997. The number of halogens is 1. The summed E-state index contributed by atoms with van der Waals surface area (Å²) in [7, 11) is 0. The van der Waals surface area contributed by atoms with Crippen LogP contribution in [0.4, 0.5) is 14.9 Å². The number of aliphatic carboxylic acids is 1. The standard InChI is InChI=1S/C23H23FN2O6/c24-13-19(27)17(12-21(28)29)22(30)25-20-11-10-16-8-4-5-9-18(16)26(20)23(31)32-14-15-6-2-1-3-7-15/h1-9,17,20H,10-14H2,(H,25,30)(H,28,29). The summed E-state index contributed by atoms with van der Waals surface area (Å²) in [5.41, 5.74) is 2.19. The summed E-state index contributed by atoms with van der Waals surface area (Å²) in [6.45, 7) is -1.44. The molecule has 9 heteroatoms. The molecule has 0 saturated heterocycles. The van der Waals surface area contributed by atoms with E-state index in [1.54, 1.807) is 24.3 Å². The zero-order valence-electron chi connectivity index (χ0n) is 17.2. The third kappa shape index (κ3) is 5.48. The maximum atomic E-state index is 13.0. The Hall–Kier alpha value is -3.75. The lowest BCUT2D eigenvalue weighted by Crippen LogP contribution is -2.55. The number of ketones is 1. The van der Waals surface area contributed by atoms with Crippen LogP contribution in [0.1, 0.15) is 24.0 Å². The number of Topliss-reactive ketones (excluding diaryl/α,β-unsaturated/α-hetero) is 1. The molecule has 8 nitrogen and oxygen atoms in total. The quantitative estimate of drug-likeness (QED) is 0.608. The smallest absolute Gasteiger partial charge is 0.416 e. The molecule has 0 radical (unpaired) electrons.